The molecule has 9 nitrogen and oxygen atoms in total. The number of benzene rings is 3. The molecule has 3 aromatic carbocycles. The number of nitrogens with one attached hydrogen (secondary N) is 1. The van der Waals surface area contributed by atoms with Crippen molar-refractivity contribution in [2.75, 3.05) is 41.8 Å². The molecular weight excluding hydrogens is 576 g/mol. The van der Waals surface area contributed by atoms with E-state index in [1.165, 1.54) is 69.2 Å². The summed E-state index contributed by atoms with van der Waals surface area (Å²) in [5.74, 6) is -1.03. The van der Waals surface area contributed by atoms with Crippen molar-refractivity contribution in [2.45, 2.75) is 17.7 Å². The van der Waals surface area contributed by atoms with E-state index in [-0.39, 0.29) is 28.0 Å². The number of anilines is 5. The highest BCUT2D eigenvalue weighted by Crippen LogP contribution is 2.42. The molecule has 214 valence electrons. The van der Waals surface area contributed by atoms with Crippen LogP contribution in [0.15, 0.2) is 72.0 Å². The van der Waals surface area contributed by atoms with Gasteiger partial charge in [0.25, 0.3) is 10.0 Å². The molecule has 0 radical (unpaired) electrons. The Kier molecular flexibility index (Phi) is 8.13. The Labute approximate surface area is 241 Å². The van der Waals surface area contributed by atoms with E-state index < -0.39 is 26.6 Å². The molecule has 1 N–H and O–H groups in total. The minimum Gasteiger partial charge on any atom is -0.497 e. The Morgan fingerprint density at radius 1 is 0.976 bits per heavy atom. The van der Waals surface area contributed by atoms with Gasteiger partial charge in [0.2, 0.25) is 0 Å². The number of hydrogen-bond donors (Lipinski definition) is 1. The lowest BCUT2D eigenvalue weighted by molar-refractivity contribution is 0.395. The van der Waals surface area contributed by atoms with Crippen LogP contribution in [0.5, 0.6) is 11.5 Å². The van der Waals surface area contributed by atoms with Gasteiger partial charge >= 0.3 is 0 Å². The summed E-state index contributed by atoms with van der Waals surface area (Å²) in [5.41, 5.74) is 1.28. The first-order valence-corrected chi connectivity index (χ1v) is 14.4. The molecule has 2 heterocycles. The summed E-state index contributed by atoms with van der Waals surface area (Å²) in [7, 11) is -1.84. The molecular formula is C28H26ClF2N5O4S. The van der Waals surface area contributed by atoms with Gasteiger partial charge in [-0.05, 0) is 49.2 Å². The minimum absolute atomic E-state index is 0.0492. The molecule has 41 heavy (non-hydrogen) atoms. The van der Waals surface area contributed by atoms with E-state index in [2.05, 4.69) is 15.3 Å². The van der Waals surface area contributed by atoms with Gasteiger partial charge in [-0.3, -0.25) is 4.98 Å². The van der Waals surface area contributed by atoms with E-state index in [9.17, 15) is 12.8 Å². The first-order chi connectivity index (χ1) is 19.7. The zero-order valence-corrected chi connectivity index (χ0v) is 23.7. The molecule has 0 aliphatic carbocycles. The fourth-order valence-electron chi connectivity index (χ4n) is 4.62. The molecule has 0 spiro atoms. The van der Waals surface area contributed by atoms with Crippen LogP contribution in [0.3, 0.4) is 0 Å². The highest BCUT2D eigenvalue weighted by Gasteiger charge is 2.34. The predicted molar refractivity (Wildman–Crippen MR) is 153 cm³/mol. The molecule has 13 heteroatoms. The van der Waals surface area contributed by atoms with Gasteiger partial charge in [-0.1, -0.05) is 11.6 Å². The highest BCUT2D eigenvalue weighted by atomic mass is 35.5. The molecule has 5 rings (SSSR count). The van der Waals surface area contributed by atoms with E-state index >= 15 is 4.39 Å². The van der Waals surface area contributed by atoms with E-state index in [0.29, 0.717) is 17.1 Å². The Morgan fingerprint density at radius 3 is 2.44 bits per heavy atom. The first-order valence-electron chi connectivity index (χ1n) is 12.6. The van der Waals surface area contributed by atoms with Gasteiger partial charge in [-0.15, -0.1) is 0 Å². The molecule has 0 bridgehead atoms. The number of hydrogen-bond acceptors (Lipinski definition) is 8. The van der Waals surface area contributed by atoms with Gasteiger partial charge in [0.15, 0.2) is 5.82 Å². The van der Waals surface area contributed by atoms with Crippen LogP contribution < -0.4 is 24.0 Å². The molecule has 1 aromatic heterocycles. The van der Waals surface area contributed by atoms with Gasteiger partial charge in [-0.25, -0.2) is 26.5 Å². The molecule has 0 amide bonds. The number of rotatable bonds is 9. The van der Waals surface area contributed by atoms with Crippen LogP contribution in [-0.2, 0) is 10.0 Å². The molecule has 1 aliphatic heterocycles. The number of aromatic nitrogens is 2. The van der Waals surface area contributed by atoms with E-state index in [1.807, 2.05) is 4.90 Å². The summed E-state index contributed by atoms with van der Waals surface area (Å²) in [6, 6.07) is 10.7. The van der Waals surface area contributed by atoms with Crippen LogP contribution in [0.1, 0.15) is 12.8 Å². The van der Waals surface area contributed by atoms with Crippen molar-refractivity contribution in [3.63, 3.8) is 0 Å². The number of nitrogens with zero attached hydrogens (tertiary/aromatic N) is 4. The Morgan fingerprint density at radius 2 is 1.76 bits per heavy atom. The third-order valence-electron chi connectivity index (χ3n) is 6.58. The first kappa shape index (κ1) is 28.4. The standard InChI is InChI=1S/C28H26ClF2N5O4S/c1-39-19-6-8-24(26(14-19)40-2)36(28-17-32-9-10-33-28)41(37,38)27-15-20(29)23(16-21(27)31)34-22-7-5-18(30)13-25(22)35-11-3-4-12-35/h5-10,13-17,34H,3-4,11-12H2,1-2H3. The summed E-state index contributed by atoms with van der Waals surface area (Å²) in [6.07, 6.45) is 5.86. The Balaban J connectivity index is 1.58. The molecule has 0 atom stereocenters. The Bertz CT molecular complexity index is 1670. The van der Waals surface area contributed by atoms with Crippen LogP contribution >= 0.6 is 11.6 Å². The van der Waals surface area contributed by atoms with Crippen LogP contribution in [0.4, 0.5) is 37.3 Å². The maximum absolute atomic E-state index is 15.7. The largest absolute Gasteiger partial charge is 0.497 e. The SMILES string of the molecule is COc1ccc(N(c2cnccn2)S(=O)(=O)c2cc(Cl)c(Nc3ccc(F)cc3N3CCCC3)cc2F)c(OC)c1. The van der Waals surface area contributed by atoms with Crippen molar-refractivity contribution in [1.29, 1.82) is 0 Å². The second-order valence-electron chi connectivity index (χ2n) is 9.11. The summed E-state index contributed by atoms with van der Waals surface area (Å²) in [5, 5.41) is 2.98. The molecule has 1 fully saturated rings. The average Bonchev–Trinajstić information content (AvgIpc) is 3.51. The van der Waals surface area contributed by atoms with Crippen molar-refractivity contribution < 1.29 is 26.7 Å². The van der Waals surface area contributed by atoms with Gasteiger partial charge in [0.1, 0.15) is 33.7 Å². The van der Waals surface area contributed by atoms with Gasteiger partial charge in [0, 0.05) is 37.6 Å². The maximum atomic E-state index is 15.7. The topological polar surface area (TPSA) is 96.9 Å². The van der Waals surface area contributed by atoms with Crippen LogP contribution in [0, 0.1) is 11.6 Å². The molecule has 1 saturated heterocycles. The zero-order chi connectivity index (χ0) is 29.1. The summed E-state index contributed by atoms with van der Waals surface area (Å²) in [6.45, 7) is 1.51. The monoisotopic (exact) mass is 601 g/mol. The molecule has 1 aliphatic rings. The zero-order valence-electron chi connectivity index (χ0n) is 22.1. The molecule has 0 saturated carbocycles. The predicted octanol–water partition coefficient (Wildman–Crippen LogP) is 6.30. The van der Waals surface area contributed by atoms with Crippen molar-refractivity contribution in [1.82, 2.24) is 9.97 Å². The maximum Gasteiger partial charge on any atom is 0.273 e. The van der Waals surface area contributed by atoms with Crippen molar-refractivity contribution in [2.24, 2.45) is 0 Å². The second kappa shape index (κ2) is 11.8. The molecule has 0 unspecified atom stereocenters. The van der Waals surface area contributed by atoms with Crippen LogP contribution in [0.2, 0.25) is 5.02 Å². The van der Waals surface area contributed by atoms with Crippen LogP contribution in [0.25, 0.3) is 0 Å². The van der Waals surface area contributed by atoms with Crippen molar-refractivity contribution >= 4 is 50.2 Å². The summed E-state index contributed by atoms with van der Waals surface area (Å²) in [4.78, 5) is 9.45. The highest BCUT2D eigenvalue weighted by molar-refractivity contribution is 7.93. The number of methoxy groups -OCH3 is 2. The lowest BCUT2D eigenvalue weighted by atomic mass is 10.2. The third kappa shape index (κ3) is 5.70. The fourth-order valence-corrected chi connectivity index (χ4v) is 6.42. The van der Waals surface area contributed by atoms with Gasteiger partial charge in [0.05, 0.1) is 42.5 Å². The van der Waals surface area contributed by atoms with E-state index in [4.69, 9.17) is 21.1 Å². The third-order valence-corrected chi connectivity index (χ3v) is 8.62. The normalized spacial score (nSPS) is 13.2. The van der Waals surface area contributed by atoms with Crippen molar-refractivity contribution in [3.05, 3.63) is 83.8 Å². The Hall–Kier alpha value is -4.16. The molecule has 4 aromatic rings. The lowest BCUT2D eigenvalue weighted by Gasteiger charge is -2.26. The van der Waals surface area contributed by atoms with E-state index in [0.717, 1.165) is 42.4 Å². The summed E-state index contributed by atoms with van der Waals surface area (Å²) < 4.78 is 69.4. The van der Waals surface area contributed by atoms with Gasteiger partial charge in [-0.2, -0.15) is 0 Å². The number of halogens is 3. The number of sulfonamides is 1. The second-order valence-corrected chi connectivity index (χ2v) is 11.3. The summed E-state index contributed by atoms with van der Waals surface area (Å²) >= 11 is 6.53. The fraction of sp³-hybridized carbons (Fsp3) is 0.214. The van der Waals surface area contributed by atoms with Crippen molar-refractivity contribution in [3.8, 4) is 11.5 Å². The lowest BCUT2D eigenvalue weighted by Crippen LogP contribution is -2.28. The van der Waals surface area contributed by atoms with E-state index in [1.54, 1.807) is 0 Å². The minimum atomic E-state index is -4.66. The average molecular weight is 602 g/mol. The van der Waals surface area contributed by atoms with Crippen LogP contribution in [-0.4, -0.2) is 45.7 Å². The number of ether oxygens (including phenoxy) is 2. The van der Waals surface area contributed by atoms with Gasteiger partial charge < -0.3 is 19.7 Å². The quantitative estimate of drug-likeness (QED) is 0.239. The smallest absolute Gasteiger partial charge is 0.273 e.